The maximum absolute atomic E-state index is 2.38. The molecule has 3 aromatic rings. The van der Waals surface area contributed by atoms with Crippen molar-refractivity contribution in [2.24, 2.45) is 5.92 Å². The fourth-order valence-corrected chi connectivity index (χ4v) is 4.77. The molecular formula is C27H32. The van der Waals surface area contributed by atoms with E-state index < -0.39 is 0 Å². The van der Waals surface area contributed by atoms with Gasteiger partial charge in [-0.1, -0.05) is 81.3 Å². The highest BCUT2D eigenvalue weighted by molar-refractivity contribution is 5.87. The Morgan fingerprint density at radius 1 is 0.704 bits per heavy atom. The predicted octanol–water partition coefficient (Wildman–Crippen LogP) is 8.14. The van der Waals surface area contributed by atoms with Crippen LogP contribution in [0.5, 0.6) is 0 Å². The number of rotatable bonds is 5. The van der Waals surface area contributed by atoms with Gasteiger partial charge in [0.25, 0.3) is 0 Å². The predicted molar refractivity (Wildman–Crippen MR) is 118 cm³/mol. The Hall–Kier alpha value is -2.08. The molecule has 0 aliphatic heterocycles. The largest absolute Gasteiger partial charge is 0.0651 e. The third-order valence-corrected chi connectivity index (χ3v) is 6.58. The normalized spacial score (nSPS) is 20.1. The van der Waals surface area contributed by atoms with Crippen LogP contribution in [0, 0.1) is 5.92 Å². The monoisotopic (exact) mass is 356 g/mol. The molecule has 1 aliphatic carbocycles. The van der Waals surface area contributed by atoms with Crippen LogP contribution in [0.15, 0.2) is 60.7 Å². The lowest BCUT2D eigenvalue weighted by atomic mass is 9.77. The molecule has 0 atom stereocenters. The third-order valence-electron chi connectivity index (χ3n) is 6.58. The summed E-state index contributed by atoms with van der Waals surface area (Å²) in [7, 11) is 0. The zero-order valence-electron chi connectivity index (χ0n) is 16.9. The van der Waals surface area contributed by atoms with Crippen molar-refractivity contribution < 1.29 is 0 Å². The minimum Gasteiger partial charge on any atom is -0.0651 e. The second-order valence-electron chi connectivity index (χ2n) is 8.39. The fourth-order valence-electron chi connectivity index (χ4n) is 4.77. The SMILES string of the molecule is CCCc1ccc2cc(-c3ccc(C4CCC(CC)CC4)cc3)ccc2c1. The summed E-state index contributed by atoms with van der Waals surface area (Å²) in [6, 6.07) is 23.2. The van der Waals surface area contributed by atoms with Crippen molar-refractivity contribution in [3.63, 3.8) is 0 Å². The molecule has 0 bridgehead atoms. The minimum atomic E-state index is 0.774. The maximum atomic E-state index is 2.38. The van der Waals surface area contributed by atoms with Crippen molar-refractivity contribution in [1.29, 1.82) is 0 Å². The van der Waals surface area contributed by atoms with Crippen LogP contribution in [0.1, 0.15) is 69.4 Å². The van der Waals surface area contributed by atoms with Crippen LogP contribution < -0.4 is 0 Å². The molecule has 4 rings (SSSR count). The van der Waals surface area contributed by atoms with E-state index in [0.717, 1.165) is 11.8 Å². The highest BCUT2D eigenvalue weighted by Crippen LogP contribution is 2.37. The van der Waals surface area contributed by atoms with Crippen LogP contribution in [0.2, 0.25) is 0 Å². The fraction of sp³-hybridized carbons (Fsp3) is 0.407. The van der Waals surface area contributed by atoms with E-state index in [1.165, 1.54) is 72.4 Å². The van der Waals surface area contributed by atoms with Crippen molar-refractivity contribution in [2.75, 3.05) is 0 Å². The Labute approximate surface area is 164 Å². The van der Waals surface area contributed by atoms with Crippen molar-refractivity contribution in [1.82, 2.24) is 0 Å². The summed E-state index contributed by atoms with van der Waals surface area (Å²) in [4.78, 5) is 0. The highest BCUT2D eigenvalue weighted by atomic mass is 14.3. The van der Waals surface area contributed by atoms with Crippen molar-refractivity contribution >= 4 is 10.8 Å². The van der Waals surface area contributed by atoms with E-state index >= 15 is 0 Å². The summed E-state index contributed by atoms with van der Waals surface area (Å²) in [6.07, 6.45) is 9.28. The topological polar surface area (TPSA) is 0 Å². The molecule has 0 heteroatoms. The first kappa shape index (κ1) is 18.3. The average molecular weight is 357 g/mol. The lowest BCUT2D eigenvalue weighted by Crippen LogP contribution is -2.12. The second kappa shape index (κ2) is 8.30. The molecule has 0 N–H and O–H groups in total. The van der Waals surface area contributed by atoms with Crippen LogP contribution in [0.4, 0.5) is 0 Å². The molecule has 0 radical (unpaired) electrons. The number of fused-ring (bicyclic) bond motifs is 1. The molecule has 1 fully saturated rings. The smallest absolute Gasteiger partial charge is 0.0162 e. The Morgan fingerprint density at radius 3 is 2.07 bits per heavy atom. The summed E-state index contributed by atoms with van der Waals surface area (Å²) in [6.45, 7) is 4.58. The molecule has 1 saturated carbocycles. The van der Waals surface area contributed by atoms with Gasteiger partial charge in [0.05, 0.1) is 0 Å². The first-order chi connectivity index (χ1) is 13.3. The summed E-state index contributed by atoms with van der Waals surface area (Å²) in [5, 5.41) is 2.70. The Kier molecular flexibility index (Phi) is 5.62. The number of hydrogen-bond acceptors (Lipinski definition) is 0. The highest BCUT2D eigenvalue weighted by Gasteiger charge is 2.21. The van der Waals surface area contributed by atoms with E-state index in [2.05, 4.69) is 74.5 Å². The van der Waals surface area contributed by atoms with Gasteiger partial charge in [0.1, 0.15) is 0 Å². The summed E-state index contributed by atoms with van der Waals surface area (Å²) in [5.41, 5.74) is 5.64. The molecule has 0 nitrogen and oxygen atoms in total. The van der Waals surface area contributed by atoms with Crippen molar-refractivity contribution in [3.05, 3.63) is 71.8 Å². The molecular weight excluding hydrogens is 324 g/mol. The van der Waals surface area contributed by atoms with Crippen LogP contribution in [-0.4, -0.2) is 0 Å². The molecule has 27 heavy (non-hydrogen) atoms. The van der Waals surface area contributed by atoms with Gasteiger partial charge >= 0.3 is 0 Å². The molecule has 0 heterocycles. The van der Waals surface area contributed by atoms with E-state index in [9.17, 15) is 0 Å². The zero-order valence-corrected chi connectivity index (χ0v) is 16.9. The van der Waals surface area contributed by atoms with Crippen LogP contribution in [0.3, 0.4) is 0 Å². The van der Waals surface area contributed by atoms with E-state index in [0.29, 0.717) is 0 Å². The van der Waals surface area contributed by atoms with Crippen molar-refractivity contribution in [2.45, 2.75) is 64.7 Å². The Morgan fingerprint density at radius 2 is 1.37 bits per heavy atom. The average Bonchev–Trinajstić information content (AvgIpc) is 2.74. The van der Waals surface area contributed by atoms with Gasteiger partial charge in [-0.05, 0) is 83.0 Å². The standard InChI is InChI=1S/C27H32/c1-3-5-21-8-11-27-19-26(17-16-25(27)18-21)24-14-12-23(13-15-24)22-9-6-20(4-2)7-10-22/h8,11-20,22H,3-7,9-10H2,1-2H3. The third kappa shape index (κ3) is 4.10. The van der Waals surface area contributed by atoms with Gasteiger partial charge in [0, 0.05) is 0 Å². The summed E-state index contributed by atoms with van der Waals surface area (Å²) < 4.78 is 0. The van der Waals surface area contributed by atoms with E-state index in [-0.39, 0.29) is 0 Å². The first-order valence-electron chi connectivity index (χ1n) is 10.9. The van der Waals surface area contributed by atoms with Crippen LogP contribution in [-0.2, 0) is 6.42 Å². The van der Waals surface area contributed by atoms with Gasteiger partial charge in [-0.2, -0.15) is 0 Å². The second-order valence-corrected chi connectivity index (χ2v) is 8.39. The summed E-state index contributed by atoms with van der Waals surface area (Å²) in [5.74, 6) is 1.74. The number of aryl methyl sites for hydroxylation is 1. The number of benzene rings is 3. The van der Waals surface area contributed by atoms with E-state index in [1.54, 1.807) is 5.56 Å². The minimum absolute atomic E-state index is 0.774. The zero-order chi connectivity index (χ0) is 18.6. The lowest BCUT2D eigenvalue weighted by Gasteiger charge is -2.28. The Balaban J connectivity index is 1.52. The van der Waals surface area contributed by atoms with Crippen LogP contribution >= 0.6 is 0 Å². The Bertz CT molecular complexity index is 880. The molecule has 0 spiro atoms. The van der Waals surface area contributed by atoms with Gasteiger partial charge in [-0.3, -0.25) is 0 Å². The van der Waals surface area contributed by atoms with Gasteiger partial charge in [-0.15, -0.1) is 0 Å². The molecule has 1 aliphatic rings. The summed E-state index contributed by atoms with van der Waals surface area (Å²) >= 11 is 0. The molecule has 0 unspecified atom stereocenters. The van der Waals surface area contributed by atoms with Gasteiger partial charge in [0.2, 0.25) is 0 Å². The van der Waals surface area contributed by atoms with Gasteiger partial charge < -0.3 is 0 Å². The molecule has 0 aromatic heterocycles. The molecule has 3 aromatic carbocycles. The van der Waals surface area contributed by atoms with Gasteiger partial charge in [0.15, 0.2) is 0 Å². The molecule has 140 valence electrons. The van der Waals surface area contributed by atoms with E-state index in [1.807, 2.05) is 0 Å². The quantitative estimate of drug-likeness (QED) is 0.432. The van der Waals surface area contributed by atoms with Gasteiger partial charge in [-0.25, -0.2) is 0 Å². The van der Waals surface area contributed by atoms with E-state index in [4.69, 9.17) is 0 Å². The first-order valence-corrected chi connectivity index (χ1v) is 10.9. The maximum Gasteiger partial charge on any atom is -0.0162 e. The molecule has 0 saturated heterocycles. The van der Waals surface area contributed by atoms with Crippen LogP contribution in [0.25, 0.3) is 21.9 Å². The van der Waals surface area contributed by atoms with Crippen molar-refractivity contribution in [3.8, 4) is 11.1 Å². The number of hydrogen-bond donors (Lipinski definition) is 0. The lowest BCUT2D eigenvalue weighted by molar-refractivity contribution is 0.319. The molecule has 0 amide bonds.